The largest absolute Gasteiger partial charge is 0.495 e. The Labute approximate surface area is 156 Å². The van der Waals surface area contributed by atoms with Crippen LogP contribution in [0.2, 0.25) is 0 Å². The van der Waals surface area contributed by atoms with Gasteiger partial charge in [0.2, 0.25) is 0 Å². The van der Waals surface area contributed by atoms with E-state index < -0.39 is 0 Å². The van der Waals surface area contributed by atoms with E-state index in [1.165, 1.54) is 16.9 Å². The predicted molar refractivity (Wildman–Crippen MR) is 105 cm³/mol. The Bertz CT molecular complexity index is 808. The molecule has 25 heavy (non-hydrogen) atoms. The number of rotatable bonds is 5. The molecule has 0 atom stereocenters. The number of hydrogen-bond donors (Lipinski definition) is 1. The molecule has 4 rings (SSSR count). The molecule has 1 saturated heterocycles. The number of thiophene rings is 1. The lowest BCUT2D eigenvalue weighted by Crippen LogP contribution is -3.13. The lowest BCUT2D eigenvalue weighted by atomic mass is 10.2. The van der Waals surface area contributed by atoms with E-state index in [0.29, 0.717) is 0 Å². The van der Waals surface area contributed by atoms with Gasteiger partial charge >= 0.3 is 0 Å². The third-order valence-electron chi connectivity index (χ3n) is 4.65. The molecule has 1 aliphatic rings. The number of thiazole rings is 1. The van der Waals surface area contributed by atoms with E-state index in [1.54, 1.807) is 34.7 Å². The Morgan fingerprint density at radius 2 is 2.00 bits per heavy atom. The van der Waals surface area contributed by atoms with Gasteiger partial charge in [-0.1, -0.05) is 12.1 Å². The first-order valence-corrected chi connectivity index (χ1v) is 10.3. The van der Waals surface area contributed by atoms with Gasteiger partial charge in [0, 0.05) is 16.3 Å². The summed E-state index contributed by atoms with van der Waals surface area (Å²) < 4.78 is 5.50. The van der Waals surface area contributed by atoms with Crippen LogP contribution in [0.4, 0.5) is 5.69 Å². The average Bonchev–Trinajstić information content (AvgIpc) is 3.34. The van der Waals surface area contributed by atoms with Crippen molar-refractivity contribution in [2.24, 2.45) is 0 Å². The number of benzene rings is 1. The number of nitrogens with one attached hydrogen (secondary N) is 1. The second-order valence-electron chi connectivity index (χ2n) is 6.24. The van der Waals surface area contributed by atoms with E-state index in [1.807, 2.05) is 12.1 Å². The summed E-state index contributed by atoms with van der Waals surface area (Å²) in [6.07, 6.45) is 0. The lowest BCUT2D eigenvalue weighted by molar-refractivity contribution is -0.914. The van der Waals surface area contributed by atoms with E-state index in [9.17, 15) is 0 Å². The Hall–Kier alpha value is -1.89. The smallest absolute Gasteiger partial charge is 0.142 e. The highest BCUT2D eigenvalue weighted by Crippen LogP contribution is 2.27. The first kappa shape index (κ1) is 16.6. The zero-order valence-corrected chi connectivity index (χ0v) is 15.9. The van der Waals surface area contributed by atoms with Crippen molar-refractivity contribution >= 4 is 28.4 Å². The van der Waals surface area contributed by atoms with Gasteiger partial charge in [0.05, 0.1) is 39.0 Å². The fourth-order valence-electron chi connectivity index (χ4n) is 3.29. The summed E-state index contributed by atoms with van der Waals surface area (Å²) in [4.78, 5) is 8.86. The Morgan fingerprint density at radius 3 is 2.76 bits per heavy atom. The highest BCUT2D eigenvalue weighted by molar-refractivity contribution is 7.14. The predicted octanol–water partition coefficient (Wildman–Crippen LogP) is 2.79. The summed E-state index contributed by atoms with van der Waals surface area (Å²) in [5.74, 6) is 0.964. The van der Waals surface area contributed by atoms with Crippen molar-refractivity contribution in [2.45, 2.75) is 6.54 Å². The highest BCUT2D eigenvalue weighted by atomic mass is 32.1. The van der Waals surface area contributed by atoms with Gasteiger partial charge in [0.25, 0.3) is 0 Å². The standard InChI is InChI=1S/C19H21N3OS2/c1-23-18-5-3-2-4-17(18)22-9-7-21(8-10-22)12-16-14-25-19(20-16)15-6-11-24-13-15/h2-6,11,13-14H,7-10,12H2,1H3/p+1. The summed E-state index contributed by atoms with van der Waals surface area (Å²) in [7, 11) is 1.74. The monoisotopic (exact) mass is 372 g/mol. The van der Waals surface area contributed by atoms with Crippen LogP contribution in [0.1, 0.15) is 5.69 Å². The molecule has 4 nitrogen and oxygen atoms in total. The molecule has 1 aromatic carbocycles. The number of hydrogen-bond acceptors (Lipinski definition) is 5. The van der Waals surface area contributed by atoms with E-state index in [-0.39, 0.29) is 0 Å². The van der Waals surface area contributed by atoms with Crippen LogP contribution in [0, 0.1) is 0 Å². The fourth-order valence-corrected chi connectivity index (χ4v) is 4.83. The van der Waals surface area contributed by atoms with Crippen LogP contribution in [0.15, 0.2) is 46.5 Å². The zero-order valence-electron chi connectivity index (χ0n) is 14.3. The second kappa shape index (κ2) is 7.56. The molecule has 3 heterocycles. The number of aromatic nitrogens is 1. The van der Waals surface area contributed by atoms with Gasteiger partial charge in [-0.3, -0.25) is 0 Å². The zero-order chi connectivity index (χ0) is 17.1. The van der Waals surface area contributed by atoms with Crippen molar-refractivity contribution in [3.05, 3.63) is 52.2 Å². The SMILES string of the molecule is COc1ccccc1N1CC[NH+](Cc2csc(-c3ccsc3)n2)CC1. The van der Waals surface area contributed by atoms with Gasteiger partial charge in [0.1, 0.15) is 23.0 Å². The summed E-state index contributed by atoms with van der Waals surface area (Å²) >= 11 is 3.48. The van der Waals surface area contributed by atoms with E-state index >= 15 is 0 Å². The molecular formula is C19H22N3OS2+. The van der Waals surface area contributed by atoms with Gasteiger partial charge in [0.15, 0.2) is 0 Å². The molecule has 3 aromatic rings. The molecule has 130 valence electrons. The minimum Gasteiger partial charge on any atom is -0.495 e. The van der Waals surface area contributed by atoms with E-state index in [4.69, 9.17) is 9.72 Å². The molecule has 1 aliphatic heterocycles. The van der Waals surface area contributed by atoms with Crippen LogP contribution in [0.3, 0.4) is 0 Å². The van der Waals surface area contributed by atoms with Crippen LogP contribution >= 0.6 is 22.7 Å². The number of ether oxygens (including phenoxy) is 1. The number of anilines is 1. The van der Waals surface area contributed by atoms with Gasteiger partial charge in [-0.25, -0.2) is 4.98 Å². The second-order valence-corrected chi connectivity index (χ2v) is 7.88. The molecule has 1 fully saturated rings. The maximum Gasteiger partial charge on any atom is 0.142 e. The van der Waals surface area contributed by atoms with Crippen LogP contribution in [-0.2, 0) is 6.54 Å². The van der Waals surface area contributed by atoms with Crippen molar-refractivity contribution in [1.29, 1.82) is 0 Å². The third-order valence-corrected chi connectivity index (χ3v) is 6.27. The Morgan fingerprint density at radius 1 is 1.16 bits per heavy atom. The molecule has 0 bridgehead atoms. The normalized spacial score (nSPS) is 15.5. The summed E-state index contributed by atoms with van der Waals surface area (Å²) in [6, 6.07) is 10.4. The Kier molecular flexibility index (Phi) is 5.01. The van der Waals surface area contributed by atoms with Gasteiger partial charge in [-0.15, -0.1) is 11.3 Å². The van der Waals surface area contributed by atoms with Crippen molar-refractivity contribution in [2.75, 3.05) is 38.2 Å². The number of quaternary nitrogens is 1. The van der Waals surface area contributed by atoms with Crippen molar-refractivity contribution in [3.8, 4) is 16.3 Å². The first-order valence-electron chi connectivity index (χ1n) is 8.52. The van der Waals surface area contributed by atoms with Crippen LogP contribution < -0.4 is 14.5 Å². The van der Waals surface area contributed by atoms with Crippen LogP contribution in [-0.4, -0.2) is 38.3 Å². The molecule has 0 unspecified atom stereocenters. The first-order chi connectivity index (χ1) is 12.3. The highest BCUT2D eigenvalue weighted by Gasteiger charge is 2.23. The molecule has 0 aliphatic carbocycles. The lowest BCUT2D eigenvalue weighted by Gasteiger charge is -2.34. The summed E-state index contributed by atoms with van der Waals surface area (Å²) in [5, 5.41) is 7.63. The number of nitrogens with zero attached hydrogens (tertiary/aromatic N) is 2. The summed E-state index contributed by atoms with van der Waals surface area (Å²) in [6.45, 7) is 5.38. The van der Waals surface area contributed by atoms with E-state index in [0.717, 1.165) is 43.5 Å². The van der Waals surface area contributed by atoms with Crippen molar-refractivity contribution in [1.82, 2.24) is 4.98 Å². The third kappa shape index (κ3) is 3.71. The minimum atomic E-state index is 0.964. The molecule has 2 aromatic heterocycles. The Balaban J connectivity index is 1.36. The van der Waals surface area contributed by atoms with Gasteiger partial charge in [-0.05, 0) is 23.6 Å². The molecule has 6 heteroatoms. The fraction of sp³-hybridized carbons (Fsp3) is 0.316. The van der Waals surface area contributed by atoms with Crippen LogP contribution in [0.5, 0.6) is 5.75 Å². The van der Waals surface area contributed by atoms with Crippen molar-refractivity contribution in [3.63, 3.8) is 0 Å². The molecule has 0 saturated carbocycles. The van der Waals surface area contributed by atoms with Crippen molar-refractivity contribution < 1.29 is 9.64 Å². The molecule has 0 spiro atoms. The van der Waals surface area contributed by atoms with Gasteiger partial charge < -0.3 is 14.5 Å². The molecule has 0 amide bonds. The summed E-state index contributed by atoms with van der Waals surface area (Å²) in [5.41, 5.74) is 3.67. The van der Waals surface area contributed by atoms with Crippen LogP contribution in [0.25, 0.3) is 10.6 Å². The average molecular weight is 373 g/mol. The molecule has 0 radical (unpaired) electrons. The molecule has 1 N–H and O–H groups in total. The topological polar surface area (TPSA) is 29.8 Å². The number of methoxy groups -OCH3 is 1. The molecular weight excluding hydrogens is 350 g/mol. The maximum atomic E-state index is 5.50. The number of para-hydroxylation sites is 2. The quantitative estimate of drug-likeness (QED) is 0.747. The van der Waals surface area contributed by atoms with E-state index in [2.05, 4.69) is 39.2 Å². The maximum absolute atomic E-state index is 5.50. The van der Waals surface area contributed by atoms with Gasteiger partial charge in [-0.2, -0.15) is 11.3 Å². The minimum absolute atomic E-state index is 0.964. The number of piperazine rings is 1.